The highest BCUT2D eigenvalue weighted by atomic mass is 79.9. The maximum atomic E-state index is 13.2. The largest absolute Gasteiger partial charge is 0.378 e. The van der Waals surface area contributed by atoms with Gasteiger partial charge in [0.15, 0.2) is 0 Å². The van der Waals surface area contributed by atoms with E-state index in [2.05, 4.69) is 31.5 Å². The quantitative estimate of drug-likeness (QED) is 0.508. The highest BCUT2D eigenvalue weighted by Crippen LogP contribution is 2.28. The second kappa shape index (κ2) is 9.64. The van der Waals surface area contributed by atoms with Gasteiger partial charge >= 0.3 is 0 Å². The molecule has 1 aromatic heterocycles. The molecule has 1 aliphatic heterocycles. The summed E-state index contributed by atoms with van der Waals surface area (Å²) in [7, 11) is 0. The van der Waals surface area contributed by atoms with Gasteiger partial charge in [-0.3, -0.25) is 9.59 Å². The van der Waals surface area contributed by atoms with Crippen molar-refractivity contribution in [3.63, 3.8) is 0 Å². The average Bonchev–Trinajstić information content (AvgIpc) is 3.32. The summed E-state index contributed by atoms with van der Waals surface area (Å²) in [4.78, 5) is 28.5. The van der Waals surface area contributed by atoms with Crippen molar-refractivity contribution in [2.75, 3.05) is 41.8 Å². The fourth-order valence-electron chi connectivity index (χ4n) is 3.35. The molecule has 1 fully saturated rings. The minimum Gasteiger partial charge on any atom is -0.378 e. The Morgan fingerprint density at radius 2 is 1.71 bits per heavy atom. The molecule has 0 aliphatic carbocycles. The summed E-state index contributed by atoms with van der Waals surface area (Å²) >= 11 is 4.88. The maximum Gasteiger partial charge on any atom is 0.265 e. The molecule has 31 heavy (non-hydrogen) atoms. The van der Waals surface area contributed by atoms with Crippen molar-refractivity contribution >= 4 is 56.1 Å². The molecule has 6 nitrogen and oxygen atoms in total. The predicted molar refractivity (Wildman–Crippen MR) is 129 cm³/mol. The van der Waals surface area contributed by atoms with Gasteiger partial charge in [0.05, 0.1) is 23.7 Å². The number of rotatable bonds is 5. The van der Waals surface area contributed by atoms with Gasteiger partial charge in [-0.2, -0.15) is 0 Å². The van der Waals surface area contributed by atoms with Crippen LogP contribution in [0.2, 0.25) is 0 Å². The highest BCUT2D eigenvalue weighted by Gasteiger charge is 2.20. The van der Waals surface area contributed by atoms with Crippen molar-refractivity contribution in [1.29, 1.82) is 0 Å². The van der Waals surface area contributed by atoms with Crippen LogP contribution in [0.1, 0.15) is 25.6 Å². The molecule has 0 saturated carbocycles. The summed E-state index contributed by atoms with van der Waals surface area (Å²) < 4.78 is 6.38. The van der Waals surface area contributed by atoms with Crippen LogP contribution in [0.4, 0.5) is 17.1 Å². The van der Waals surface area contributed by atoms with Crippen molar-refractivity contribution in [2.24, 2.45) is 0 Å². The molecule has 1 saturated heterocycles. The molecule has 3 aromatic rings. The molecule has 2 amide bonds. The first-order valence-electron chi connectivity index (χ1n) is 9.90. The topological polar surface area (TPSA) is 70.7 Å². The van der Waals surface area contributed by atoms with Gasteiger partial charge in [0, 0.05) is 34.6 Å². The predicted octanol–water partition coefficient (Wildman–Crippen LogP) is 5.16. The number of thiophene rings is 1. The number of hydrogen-bond acceptors (Lipinski definition) is 5. The molecule has 2 heterocycles. The summed E-state index contributed by atoms with van der Waals surface area (Å²) in [6.45, 7) is 4.63. The summed E-state index contributed by atoms with van der Waals surface area (Å²) in [6.07, 6.45) is 0. The number of aryl methyl sites for hydroxylation is 1. The number of ether oxygens (including phenoxy) is 1. The lowest BCUT2D eigenvalue weighted by Gasteiger charge is -2.30. The molecule has 2 aromatic carbocycles. The lowest BCUT2D eigenvalue weighted by atomic mass is 10.1. The van der Waals surface area contributed by atoms with E-state index in [-0.39, 0.29) is 11.8 Å². The monoisotopic (exact) mass is 499 g/mol. The van der Waals surface area contributed by atoms with Crippen LogP contribution >= 0.6 is 27.3 Å². The van der Waals surface area contributed by atoms with Crippen molar-refractivity contribution < 1.29 is 14.3 Å². The zero-order valence-electron chi connectivity index (χ0n) is 17.0. The van der Waals surface area contributed by atoms with Crippen LogP contribution in [0.5, 0.6) is 0 Å². The van der Waals surface area contributed by atoms with E-state index in [1.807, 2.05) is 48.7 Å². The third kappa shape index (κ3) is 5.15. The van der Waals surface area contributed by atoms with Gasteiger partial charge in [0.1, 0.15) is 0 Å². The Bertz CT molecular complexity index is 1100. The number of hydrogen-bond donors (Lipinski definition) is 2. The summed E-state index contributed by atoms with van der Waals surface area (Å²) in [5.74, 6) is -0.424. The normalized spacial score (nSPS) is 13.7. The molecular formula is C23H22BrN3O3S. The zero-order chi connectivity index (χ0) is 21.8. The van der Waals surface area contributed by atoms with E-state index in [1.54, 1.807) is 12.1 Å². The number of benzene rings is 2. The molecule has 8 heteroatoms. The Kier molecular flexibility index (Phi) is 6.70. The second-order valence-electron chi connectivity index (χ2n) is 7.18. The van der Waals surface area contributed by atoms with Gasteiger partial charge in [-0.25, -0.2) is 0 Å². The van der Waals surface area contributed by atoms with Crippen LogP contribution in [-0.2, 0) is 4.74 Å². The lowest BCUT2D eigenvalue weighted by Crippen LogP contribution is -2.37. The fourth-order valence-corrected chi connectivity index (χ4v) is 4.34. The smallest absolute Gasteiger partial charge is 0.265 e. The van der Waals surface area contributed by atoms with Gasteiger partial charge in [0.25, 0.3) is 11.8 Å². The molecular weight excluding hydrogens is 478 g/mol. The van der Waals surface area contributed by atoms with E-state index in [9.17, 15) is 9.59 Å². The Hall–Kier alpha value is -2.68. The summed E-state index contributed by atoms with van der Waals surface area (Å²) in [6, 6.07) is 14.7. The molecule has 4 rings (SSSR count). The third-order valence-electron chi connectivity index (χ3n) is 5.03. The number of anilines is 3. The number of nitrogens with zero attached hydrogens (tertiary/aromatic N) is 1. The van der Waals surface area contributed by atoms with Gasteiger partial charge in [0.2, 0.25) is 0 Å². The van der Waals surface area contributed by atoms with E-state index < -0.39 is 0 Å². The van der Waals surface area contributed by atoms with Crippen molar-refractivity contribution in [3.8, 4) is 0 Å². The Morgan fingerprint density at radius 1 is 1.00 bits per heavy atom. The highest BCUT2D eigenvalue weighted by molar-refractivity contribution is 9.10. The molecule has 160 valence electrons. The summed E-state index contributed by atoms with van der Waals surface area (Å²) in [5, 5.41) is 7.72. The summed E-state index contributed by atoms with van der Waals surface area (Å²) in [5.41, 5.74) is 3.68. The number of nitrogens with one attached hydrogen (secondary N) is 2. The molecule has 0 spiro atoms. The zero-order valence-corrected chi connectivity index (χ0v) is 19.4. The number of carbonyl (C=O) groups excluding carboxylic acids is 2. The Morgan fingerprint density at radius 3 is 2.42 bits per heavy atom. The number of carbonyl (C=O) groups is 2. The van der Waals surface area contributed by atoms with E-state index in [0.29, 0.717) is 48.1 Å². The Labute approximate surface area is 193 Å². The van der Waals surface area contributed by atoms with Crippen molar-refractivity contribution in [2.45, 2.75) is 6.92 Å². The minimum atomic E-state index is -0.232. The number of morpholine rings is 1. The average molecular weight is 500 g/mol. The number of halogens is 1. The van der Waals surface area contributed by atoms with Crippen LogP contribution < -0.4 is 15.5 Å². The lowest BCUT2D eigenvalue weighted by molar-refractivity contribution is 0.101. The molecule has 0 unspecified atom stereocenters. The molecule has 0 atom stereocenters. The van der Waals surface area contributed by atoms with Gasteiger partial charge in [-0.05, 0) is 54.3 Å². The van der Waals surface area contributed by atoms with Gasteiger partial charge in [-0.1, -0.05) is 28.1 Å². The maximum absolute atomic E-state index is 13.2. The third-order valence-corrected chi connectivity index (χ3v) is 6.75. The molecule has 0 radical (unpaired) electrons. The first-order chi connectivity index (χ1) is 15.0. The van der Waals surface area contributed by atoms with Crippen molar-refractivity contribution in [3.05, 3.63) is 74.4 Å². The minimum absolute atomic E-state index is 0.192. The van der Waals surface area contributed by atoms with Crippen LogP contribution in [0.15, 0.2) is 58.4 Å². The van der Waals surface area contributed by atoms with Gasteiger partial charge < -0.3 is 20.3 Å². The Balaban J connectivity index is 1.63. The van der Waals surface area contributed by atoms with E-state index in [1.165, 1.54) is 11.3 Å². The van der Waals surface area contributed by atoms with Crippen LogP contribution in [-0.4, -0.2) is 38.1 Å². The number of amides is 2. The van der Waals surface area contributed by atoms with Gasteiger partial charge in [-0.15, -0.1) is 11.3 Å². The first kappa shape index (κ1) is 21.5. The SMILES string of the molecule is Cc1ccc(NC(=O)c2cc(NC(=O)c3cccs3)ccc2N2CCOCC2)cc1Br. The fraction of sp³-hybridized carbons (Fsp3) is 0.217. The van der Waals surface area contributed by atoms with Crippen molar-refractivity contribution in [1.82, 2.24) is 0 Å². The van der Waals surface area contributed by atoms with E-state index >= 15 is 0 Å². The second-order valence-corrected chi connectivity index (χ2v) is 8.98. The molecule has 2 N–H and O–H groups in total. The van der Waals surface area contributed by atoms with Crippen LogP contribution in [0.3, 0.4) is 0 Å². The first-order valence-corrected chi connectivity index (χ1v) is 11.6. The molecule has 1 aliphatic rings. The van der Waals surface area contributed by atoms with E-state index in [4.69, 9.17) is 4.74 Å². The van der Waals surface area contributed by atoms with E-state index in [0.717, 1.165) is 15.7 Å². The van der Waals surface area contributed by atoms with Crippen LogP contribution in [0, 0.1) is 6.92 Å². The molecule has 0 bridgehead atoms. The van der Waals surface area contributed by atoms with Crippen LogP contribution in [0.25, 0.3) is 0 Å². The standard InChI is InChI=1S/C23H22BrN3O3S/c1-15-4-5-17(14-19(15)24)25-22(28)18-13-16(26-23(29)21-3-2-12-31-21)6-7-20(18)27-8-10-30-11-9-27/h2-7,12-14H,8-11H2,1H3,(H,25,28)(H,26,29).